The van der Waals surface area contributed by atoms with E-state index in [2.05, 4.69) is 38.2 Å². The third-order valence-corrected chi connectivity index (χ3v) is 4.08. The van der Waals surface area contributed by atoms with Gasteiger partial charge in [-0.05, 0) is 50.8 Å². The van der Waals surface area contributed by atoms with Crippen LogP contribution in [0.5, 0.6) is 0 Å². The van der Waals surface area contributed by atoms with Gasteiger partial charge in [-0.1, -0.05) is 24.6 Å². The molecule has 0 saturated carbocycles. The number of carbonyl (C=O) groups is 1. The molecule has 1 saturated heterocycles. The van der Waals surface area contributed by atoms with E-state index in [9.17, 15) is 4.79 Å². The topological polar surface area (TPSA) is 32.3 Å². The lowest BCUT2D eigenvalue weighted by Crippen LogP contribution is -2.51. The third-order valence-electron chi connectivity index (χ3n) is 4.08. The Balaban J connectivity index is 2.18. The van der Waals surface area contributed by atoms with Gasteiger partial charge in [0.1, 0.15) is 0 Å². The van der Waals surface area contributed by atoms with Gasteiger partial charge >= 0.3 is 0 Å². The molecule has 104 valence electrons. The molecule has 1 N–H and O–H groups in total. The second kappa shape index (κ2) is 5.74. The number of benzene rings is 1. The fourth-order valence-corrected chi connectivity index (χ4v) is 2.89. The van der Waals surface area contributed by atoms with Gasteiger partial charge in [0.25, 0.3) is 0 Å². The van der Waals surface area contributed by atoms with E-state index < -0.39 is 0 Å². The number of hydrogen-bond donors (Lipinski definition) is 1. The average molecular weight is 260 g/mol. The number of hydrogen-bond acceptors (Lipinski definition) is 2. The van der Waals surface area contributed by atoms with Gasteiger partial charge in [-0.3, -0.25) is 4.79 Å². The van der Waals surface area contributed by atoms with Crippen LogP contribution in [0.3, 0.4) is 0 Å². The number of rotatable bonds is 2. The first kappa shape index (κ1) is 14.1. The molecule has 3 heteroatoms. The Morgan fingerprint density at radius 3 is 2.74 bits per heavy atom. The van der Waals surface area contributed by atoms with Crippen molar-refractivity contribution in [3.8, 4) is 0 Å². The molecule has 2 atom stereocenters. The minimum Gasteiger partial charge on any atom is -0.314 e. The van der Waals surface area contributed by atoms with Crippen molar-refractivity contribution in [3.63, 3.8) is 0 Å². The van der Waals surface area contributed by atoms with Crippen LogP contribution in [0.4, 0.5) is 5.69 Å². The molecule has 1 aliphatic heterocycles. The second-order valence-electron chi connectivity index (χ2n) is 5.74. The van der Waals surface area contributed by atoms with Crippen LogP contribution in [-0.2, 0) is 4.79 Å². The molecule has 1 aromatic carbocycles. The molecule has 0 radical (unpaired) electrons. The minimum atomic E-state index is -0.0422. The maximum atomic E-state index is 12.6. The lowest BCUT2D eigenvalue weighted by atomic mass is 9.91. The number of nitrogens with one attached hydrogen (secondary N) is 1. The number of amides is 1. The first-order valence-corrected chi connectivity index (χ1v) is 7.09. The summed E-state index contributed by atoms with van der Waals surface area (Å²) in [6.07, 6.45) is 2.29. The van der Waals surface area contributed by atoms with E-state index in [0.29, 0.717) is 5.92 Å². The van der Waals surface area contributed by atoms with Crippen LogP contribution < -0.4 is 10.2 Å². The smallest absolute Gasteiger partial charge is 0.244 e. The van der Waals surface area contributed by atoms with Crippen molar-refractivity contribution in [2.24, 2.45) is 5.92 Å². The maximum Gasteiger partial charge on any atom is 0.244 e. The van der Waals surface area contributed by atoms with E-state index in [-0.39, 0.29) is 11.9 Å². The first-order valence-electron chi connectivity index (χ1n) is 7.09. The molecule has 0 aliphatic carbocycles. The summed E-state index contributed by atoms with van der Waals surface area (Å²) in [6.45, 7) is 7.24. The molecule has 0 spiro atoms. The van der Waals surface area contributed by atoms with Crippen LogP contribution in [0.15, 0.2) is 18.2 Å². The van der Waals surface area contributed by atoms with Crippen molar-refractivity contribution in [1.82, 2.24) is 5.32 Å². The van der Waals surface area contributed by atoms with Crippen LogP contribution in [0.2, 0.25) is 0 Å². The van der Waals surface area contributed by atoms with E-state index >= 15 is 0 Å². The molecular formula is C16H24N2O. The zero-order chi connectivity index (χ0) is 14.0. The minimum absolute atomic E-state index is 0.0422. The highest BCUT2D eigenvalue weighted by molar-refractivity contribution is 5.97. The van der Waals surface area contributed by atoms with Crippen LogP contribution in [0, 0.1) is 19.8 Å². The Morgan fingerprint density at radius 1 is 1.37 bits per heavy atom. The molecule has 2 unspecified atom stereocenters. The van der Waals surface area contributed by atoms with Gasteiger partial charge in [0, 0.05) is 12.7 Å². The van der Waals surface area contributed by atoms with Crippen molar-refractivity contribution in [2.45, 2.75) is 39.7 Å². The van der Waals surface area contributed by atoms with Gasteiger partial charge in [-0.15, -0.1) is 0 Å². The van der Waals surface area contributed by atoms with E-state index in [1.807, 2.05) is 13.1 Å². The predicted octanol–water partition coefficient (Wildman–Crippen LogP) is 2.65. The number of likely N-dealkylation sites (N-methyl/N-ethyl adjacent to an activating group) is 1. The summed E-state index contributed by atoms with van der Waals surface area (Å²) >= 11 is 0. The van der Waals surface area contributed by atoms with Gasteiger partial charge < -0.3 is 10.2 Å². The quantitative estimate of drug-likeness (QED) is 0.886. The maximum absolute atomic E-state index is 12.6. The Hall–Kier alpha value is -1.35. The van der Waals surface area contributed by atoms with Crippen LogP contribution >= 0.6 is 0 Å². The summed E-state index contributed by atoms with van der Waals surface area (Å²) in [5.41, 5.74) is 3.39. The normalized spacial score (nSPS) is 23.2. The van der Waals surface area contributed by atoms with Gasteiger partial charge in [-0.25, -0.2) is 0 Å². The van der Waals surface area contributed by atoms with Gasteiger partial charge in [0.15, 0.2) is 0 Å². The van der Waals surface area contributed by atoms with Crippen LogP contribution in [0.1, 0.15) is 30.9 Å². The van der Waals surface area contributed by atoms with Gasteiger partial charge in [-0.2, -0.15) is 0 Å². The highest BCUT2D eigenvalue weighted by Gasteiger charge is 2.30. The van der Waals surface area contributed by atoms with Crippen molar-refractivity contribution in [1.29, 1.82) is 0 Å². The van der Waals surface area contributed by atoms with Gasteiger partial charge in [0.2, 0.25) is 5.91 Å². The molecule has 1 heterocycles. The summed E-state index contributed by atoms with van der Waals surface area (Å²) in [7, 11) is 1.88. The summed E-state index contributed by atoms with van der Waals surface area (Å²) in [6, 6.07) is 6.18. The fourth-order valence-electron chi connectivity index (χ4n) is 2.89. The van der Waals surface area contributed by atoms with E-state index in [0.717, 1.165) is 30.6 Å². The largest absolute Gasteiger partial charge is 0.314 e. The molecule has 1 fully saturated rings. The van der Waals surface area contributed by atoms with E-state index in [4.69, 9.17) is 0 Å². The van der Waals surface area contributed by atoms with Crippen molar-refractivity contribution in [3.05, 3.63) is 29.3 Å². The molecule has 19 heavy (non-hydrogen) atoms. The van der Waals surface area contributed by atoms with E-state index in [1.165, 1.54) is 5.56 Å². The Labute approximate surface area is 116 Å². The highest BCUT2D eigenvalue weighted by atomic mass is 16.2. The molecule has 0 bridgehead atoms. The van der Waals surface area contributed by atoms with Crippen molar-refractivity contribution < 1.29 is 4.79 Å². The molecule has 2 rings (SSSR count). The Morgan fingerprint density at radius 2 is 2.11 bits per heavy atom. The second-order valence-corrected chi connectivity index (χ2v) is 5.74. The molecule has 1 aromatic rings. The molecular weight excluding hydrogens is 236 g/mol. The zero-order valence-corrected chi connectivity index (χ0v) is 12.4. The average Bonchev–Trinajstić information content (AvgIpc) is 2.38. The number of aryl methyl sites for hydroxylation is 2. The van der Waals surface area contributed by atoms with E-state index in [1.54, 1.807) is 4.90 Å². The summed E-state index contributed by atoms with van der Waals surface area (Å²) in [5.74, 6) is 0.591. The summed E-state index contributed by atoms with van der Waals surface area (Å²) in [5, 5.41) is 3.36. The lowest BCUT2D eigenvalue weighted by Gasteiger charge is -2.32. The molecule has 1 amide bonds. The monoisotopic (exact) mass is 260 g/mol. The molecule has 0 aromatic heterocycles. The number of piperidine rings is 1. The number of anilines is 1. The summed E-state index contributed by atoms with van der Waals surface area (Å²) in [4.78, 5) is 14.4. The SMILES string of the molecule is Cc1ccc(N(C)C(=O)C2NCCCC2C)c(C)c1. The highest BCUT2D eigenvalue weighted by Crippen LogP contribution is 2.23. The fraction of sp³-hybridized carbons (Fsp3) is 0.562. The Kier molecular flexibility index (Phi) is 4.25. The predicted molar refractivity (Wildman–Crippen MR) is 79.5 cm³/mol. The standard InChI is InChI=1S/C16H24N2O/c1-11-7-8-14(13(3)10-11)18(4)16(19)15-12(2)6-5-9-17-15/h7-8,10,12,15,17H,5-6,9H2,1-4H3. The van der Waals surface area contributed by atoms with Crippen LogP contribution in [-0.4, -0.2) is 25.5 Å². The van der Waals surface area contributed by atoms with Gasteiger partial charge in [0.05, 0.1) is 6.04 Å². The van der Waals surface area contributed by atoms with Crippen molar-refractivity contribution in [2.75, 3.05) is 18.5 Å². The van der Waals surface area contributed by atoms with Crippen LogP contribution in [0.25, 0.3) is 0 Å². The first-order chi connectivity index (χ1) is 9.00. The lowest BCUT2D eigenvalue weighted by molar-refractivity contribution is -0.121. The number of carbonyl (C=O) groups excluding carboxylic acids is 1. The molecule has 3 nitrogen and oxygen atoms in total. The Bertz CT molecular complexity index is 470. The zero-order valence-electron chi connectivity index (χ0n) is 12.4. The third kappa shape index (κ3) is 2.98. The molecule has 1 aliphatic rings. The summed E-state index contributed by atoms with van der Waals surface area (Å²) < 4.78 is 0. The number of nitrogens with zero attached hydrogens (tertiary/aromatic N) is 1. The van der Waals surface area contributed by atoms with Crippen molar-refractivity contribution >= 4 is 11.6 Å².